The Bertz CT molecular complexity index is 684. The summed E-state index contributed by atoms with van der Waals surface area (Å²) >= 11 is 1.65. The van der Waals surface area contributed by atoms with E-state index >= 15 is 0 Å². The van der Waals surface area contributed by atoms with Gasteiger partial charge in [-0.05, 0) is 32.1 Å². The highest BCUT2D eigenvalue weighted by Crippen LogP contribution is 2.33. The van der Waals surface area contributed by atoms with E-state index in [1.807, 2.05) is 36.7 Å². The number of nitrogens with one attached hydrogen (secondary N) is 1. The third-order valence-electron chi connectivity index (χ3n) is 2.99. The van der Waals surface area contributed by atoms with Crippen LogP contribution in [0.25, 0.3) is 0 Å². The van der Waals surface area contributed by atoms with Crippen molar-refractivity contribution in [2.75, 3.05) is 5.32 Å². The number of carboxylic acids is 1. The van der Waals surface area contributed by atoms with Gasteiger partial charge < -0.3 is 10.4 Å². The molecular formula is C13H13N3O2S. The highest BCUT2D eigenvalue weighted by Gasteiger charge is 2.26. The normalized spacial score (nSPS) is 17.6. The summed E-state index contributed by atoms with van der Waals surface area (Å²) in [5.74, 6) is -0.239. The summed E-state index contributed by atoms with van der Waals surface area (Å²) in [5.41, 5.74) is 1.06. The van der Waals surface area contributed by atoms with Gasteiger partial charge in [0.2, 0.25) is 0 Å². The van der Waals surface area contributed by atoms with Crippen molar-refractivity contribution < 1.29 is 9.90 Å². The van der Waals surface area contributed by atoms with Crippen LogP contribution in [0.15, 0.2) is 30.0 Å². The van der Waals surface area contributed by atoms with Crippen molar-refractivity contribution in [2.24, 2.45) is 0 Å². The Labute approximate surface area is 114 Å². The zero-order valence-electron chi connectivity index (χ0n) is 10.5. The highest BCUT2D eigenvalue weighted by molar-refractivity contribution is 7.12. The van der Waals surface area contributed by atoms with Crippen molar-refractivity contribution in [1.82, 2.24) is 9.78 Å². The zero-order chi connectivity index (χ0) is 13.6. The van der Waals surface area contributed by atoms with Crippen molar-refractivity contribution in [3.05, 3.63) is 45.4 Å². The van der Waals surface area contributed by atoms with Crippen molar-refractivity contribution >= 4 is 23.1 Å². The SMILES string of the molecule is Cc1cc2n(n1)C(c1ccc(C)s1)C=C(C(=O)O)N2. The summed E-state index contributed by atoms with van der Waals surface area (Å²) in [6.45, 7) is 3.93. The molecule has 5 nitrogen and oxygen atoms in total. The molecule has 0 radical (unpaired) electrons. The molecule has 2 aromatic rings. The van der Waals surface area contributed by atoms with Gasteiger partial charge >= 0.3 is 5.97 Å². The van der Waals surface area contributed by atoms with Gasteiger partial charge in [-0.2, -0.15) is 5.10 Å². The second-order valence-corrected chi connectivity index (χ2v) is 5.84. The maximum Gasteiger partial charge on any atom is 0.352 e. The Morgan fingerprint density at radius 1 is 1.47 bits per heavy atom. The van der Waals surface area contributed by atoms with Gasteiger partial charge in [0.25, 0.3) is 0 Å². The van der Waals surface area contributed by atoms with Crippen molar-refractivity contribution in [2.45, 2.75) is 19.9 Å². The monoisotopic (exact) mass is 275 g/mol. The molecule has 3 rings (SSSR count). The van der Waals surface area contributed by atoms with Gasteiger partial charge in [0.15, 0.2) is 0 Å². The second-order valence-electron chi connectivity index (χ2n) is 4.52. The van der Waals surface area contributed by atoms with Crippen LogP contribution in [0.5, 0.6) is 0 Å². The first-order valence-corrected chi connectivity index (χ1v) is 6.71. The lowest BCUT2D eigenvalue weighted by Gasteiger charge is -2.22. The standard InChI is InChI=1S/C13H13N3O2S/c1-7-5-12-14-9(13(17)18)6-10(16(12)15-7)11-4-3-8(2)19-11/h3-6,10,14H,1-2H3,(H,17,18). The number of hydrogen-bond donors (Lipinski definition) is 2. The smallest absolute Gasteiger partial charge is 0.352 e. The number of thiophene rings is 1. The number of hydrogen-bond acceptors (Lipinski definition) is 4. The van der Waals surface area contributed by atoms with Crippen LogP contribution in [0.3, 0.4) is 0 Å². The third kappa shape index (κ3) is 2.04. The number of allylic oxidation sites excluding steroid dienone is 1. The fourth-order valence-corrected chi connectivity index (χ4v) is 3.10. The minimum Gasteiger partial charge on any atom is -0.477 e. The Morgan fingerprint density at radius 2 is 2.26 bits per heavy atom. The van der Waals surface area contributed by atoms with E-state index in [0.717, 1.165) is 10.6 Å². The van der Waals surface area contributed by atoms with Crippen LogP contribution in [0.2, 0.25) is 0 Å². The summed E-state index contributed by atoms with van der Waals surface area (Å²) in [4.78, 5) is 13.5. The molecule has 0 spiro atoms. The lowest BCUT2D eigenvalue weighted by molar-refractivity contribution is -0.132. The van der Waals surface area contributed by atoms with Crippen LogP contribution in [0.1, 0.15) is 21.5 Å². The fourth-order valence-electron chi connectivity index (χ4n) is 2.17. The molecule has 1 atom stereocenters. The molecule has 1 aliphatic rings. The third-order valence-corrected chi connectivity index (χ3v) is 4.06. The minimum absolute atomic E-state index is 0.158. The molecule has 1 unspecified atom stereocenters. The van der Waals surface area contributed by atoms with Crippen LogP contribution >= 0.6 is 11.3 Å². The number of fused-ring (bicyclic) bond motifs is 1. The zero-order valence-corrected chi connectivity index (χ0v) is 11.4. The van der Waals surface area contributed by atoms with Gasteiger partial charge in [-0.1, -0.05) is 0 Å². The molecule has 0 aliphatic carbocycles. The number of aromatic nitrogens is 2. The van der Waals surface area contributed by atoms with Crippen LogP contribution in [-0.4, -0.2) is 20.9 Å². The Kier molecular flexibility index (Phi) is 2.67. The quantitative estimate of drug-likeness (QED) is 0.884. The Hall–Kier alpha value is -2.08. The number of aryl methyl sites for hydroxylation is 2. The van der Waals surface area contributed by atoms with E-state index in [-0.39, 0.29) is 11.7 Å². The van der Waals surface area contributed by atoms with E-state index in [4.69, 9.17) is 0 Å². The van der Waals surface area contributed by atoms with Crippen molar-refractivity contribution in [3.8, 4) is 0 Å². The van der Waals surface area contributed by atoms with Gasteiger partial charge in [0.05, 0.1) is 5.69 Å². The average molecular weight is 275 g/mol. The predicted molar refractivity (Wildman–Crippen MR) is 73.5 cm³/mol. The lowest BCUT2D eigenvalue weighted by Crippen LogP contribution is -2.23. The van der Waals surface area contributed by atoms with Gasteiger partial charge in [0.1, 0.15) is 17.6 Å². The first-order chi connectivity index (χ1) is 9.04. The van der Waals surface area contributed by atoms with E-state index < -0.39 is 5.97 Å². The van der Waals surface area contributed by atoms with E-state index in [9.17, 15) is 9.90 Å². The average Bonchev–Trinajstić information content (AvgIpc) is 2.92. The maximum atomic E-state index is 11.2. The van der Waals surface area contributed by atoms with E-state index in [2.05, 4.69) is 10.4 Å². The largest absolute Gasteiger partial charge is 0.477 e. The first-order valence-electron chi connectivity index (χ1n) is 5.89. The van der Waals surface area contributed by atoms with Crippen molar-refractivity contribution in [3.63, 3.8) is 0 Å². The molecule has 0 bridgehead atoms. The molecular weight excluding hydrogens is 262 g/mol. The van der Waals surface area contributed by atoms with Gasteiger partial charge in [-0.3, -0.25) is 0 Å². The summed E-state index contributed by atoms with van der Waals surface area (Å²) in [5, 5.41) is 16.5. The van der Waals surface area contributed by atoms with Crippen LogP contribution in [-0.2, 0) is 4.79 Å². The number of anilines is 1. The van der Waals surface area contributed by atoms with E-state index in [1.54, 1.807) is 17.4 Å². The number of aliphatic carboxylic acids is 1. The van der Waals surface area contributed by atoms with E-state index in [1.165, 1.54) is 4.88 Å². The van der Waals surface area contributed by atoms with Crippen LogP contribution in [0, 0.1) is 13.8 Å². The molecule has 19 heavy (non-hydrogen) atoms. The number of nitrogens with zero attached hydrogens (tertiary/aromatic N) is 2. The number of carbonyl (C=O) groups is 1. The molecule has 3 heterocycles. The maximum absolute atomic E-state index is 11.2. The number of rotatable bonds is 2. The highest BCUT2D eigenvalue weighted by atomic mass is 32.1. The number of carboxylic acid groups (broad SMARTS) is 1. The summed E-state index contributed by atoms with van der Waals surface area (Å²) in [7, 11) is 0. The minimum atomic E-state index is -0.955. The summed E-state index contributed by atoms with van der Waals surface area (Å²) < 4.78 is 1.83. The molecule has 98 valence electrons. The molecule has 1 aliphatic heterocycles. The predicted octanol–water partition coefficient (Wildman–Crippen LogP) is 2.54. The van der Waals surface area contributed by atoms with Crippen molar-refractivity contribution in [1.29, 1.82) is 0 Å². The molecule has 0 aromatic carbocycles. The molecule has 0 fully saturated rings. The van der Waals surface area contributed by atoms with Crippen LogP contribution in [0.4, 0.5) is 5.82 Å². The van der Waals surface area contributed by atoms with E-state index in [0.29, 0.717) is 5.82 Å². The summed E-state index contributed by atoms with van der Waals surface area (Å²) in [6, 6.07) is 5.75. The fraction of sp³-hybridized carbons (Fsp3) is 0.231. The summed E-state index contributed by atoms with van der Waals surface area (Å²) in [6.07, 6.45) is 1.70. The Balaban J connectivity index is 2.12. The van der Waals surface area contributed by atoms with Crippen LogP contribution < -0.4 is 5.32 Å². The van der Waals surface area contributed by atoms with Gasteiger partial charge in [-0.15, -0.1) is 11.3 Å². The molecule has 0 amide bonds. The molecule has 6 heteroatoms. The molecule has 2 N–H and O–H groups in total. The van der Waals surface area contributed by atoms with Gasteiger partial charge in [-0.25, -0.2) is 9.48 Å². The van der Waals surface area contributed by atoms with Gasteiger partial charge in [0, 0.05) is 15.8 Å². The molecule has 2 aromatic heterocycles. The first kappa shape index (κ1) is 12.0. The molecule has 0 saturated heterocycles. The topological polar surface area (TPSA) is 67.2 Å². The second kappa shape index (κ2) is 4.24. The lowest BCUT2D eigenvalue weighted by atomic mass is 10.1. The molecule has 0 saturated carbocycles. The Morgan fingerprint density at radius 3 is 2.89 bits per heavy atom.